The minimum atomic E-state index is -0.631. The Labute approximate surface area is 106 Å². The fourth-order valence-electron chi connectivity index (χ4n) is 1.21. The number of aliphatic hydroxyl groups is 1. The van der Waals surface area contributed by atoms with E-state index in [1.165, 1.54) is 0 Å². The second-order valence-corrected chi connectivity index (χ2v) is 5.64. The number of aromatic nitrogens is 1. The van der Waals surface area contributed by atoms with Crippen LogP contribution in [0.15, 0.2) is 5.38 Å². The number of hydrogen-bond acceptors (Lipinski definition) is 5. The molecule has 0 spiro atoms. The Morgan fingerprint density at radius 2 is 2.29 bits per heavy atom. The van der Waals surface area contributed by atoms with Crippen molar-refractivity contribution in [3.63, 3.8) is 0 Å². The molecular weight excluding hydrogens is 236 g/mol. The van der Waals surface area contributed by atoms with Gasteiger partial charge in [0.2, 0.25) is 0 Å². The van der Waals surface area contributed by atoms with Crippen LogP contribution < -0.4 is 0 Å². The Balaban J connectivity index is 2.70. The van der Waals surface area contributed by atoms with Crippen LogP contribution in [-0.4, -0.2) is 23.3 Å². The van der Waals surface area contributed by atoms with Gasteiger partial charge in [-0.25, -0.2) is 4.98 Å². The van der Waals surface area contributed by atoms with Crippen LogP contribution in [0.3, 0.4) is 0 Å². The highest BCUT2D eigenvalue weighted by molar-refractivity contribution is 7.09. The SMILES string of the molecule is CC(C)(C)c1nc(C(C#N)OCCCO)cs1. The van der Waals surface area contributed by atoms with E-state index in [-0.39, 0.29) is 12.0 Å². The van der Waals surface area contributed by atoms with Gasteiger partial charge in [-0.3, -0.25) is 0 Å². The topological polar surface area (TPSA) is 66.1 Å². The molecule has 0 saturated heterocycles. The van der Waals surface area contributed by atoms with Crippen molar-refractivity contribution >= 4 is 11.3 Å². The summed E-state index contributed by atoms with van der Waals surface area (Å²) in [6.45, 7) is 6.70. The zero-order valence-electron chi connectivity index (χ0n) is 10.4. The Morgan fingerprint density at radius 3 is 2.76 bits per heavy atom. The minimum absolute atomic E-state index is 0.00593. The van der Waals surface area contributed by atoms with E-state index in [4.69, 9.17) is 15.1 Å². The summed E-state index contributed by atoms with van der Waals surface area (Å²) in [5, 5.41) is 20.5. The van der Waals surface area contributed by atoms with Crippen LogP contribution in [0.5, 0.6) is 0 Å². The average Bonchev–Trinajstić information content (AvgIpc) is 2.73. The number of ether oxygens (including phenoxy) is 1. The van der Waals surface area contributed by atoms with Crippen LogP contribution in [0.25, 0.3) is 0 Å². The van der Waals surface area contributed by atoms with Gasteiger partial charge in [-0.15, -0.1) is 11.3 Å². The predicted octanol–water partition coefficient (Wildman–Crippen LogP) is 2.40. The smallest absolute Gasteiger partial charge is 0.186 e. The van der Waals surface area contributed by atoms with Crippen LogP contribution >= 0.6 is 11.3 Å². The molecule has 4 nitrogen and oxygen atoms in total. The molecule has 0 radical (unpaired) electrons. The number of thiazole rings is 1. The normalized spacial score (nSPS) is 13.4. The van der Waals surface area contributed by atoms with Gasteiger partial charge in [-0.1, -0.05) is 20.8 Å². The molecule has 0 aliphatic rings. The third-order valence-electron chi connectivity index (χ3n) is 2.14. The molecule has 0 aromatic carbocycles. The standard InChI is InChI=1S/C12H18N2O2S/c1-12(2,3)11-14-9(8-17-11)10(7-13)16-6-4-5-15/h8,10,15H,4-6H2,1-3H3. The lowest BCUT2D eigenvalue weighted by atomic mass is 9.98. The Morgan fingerprint density at radius 1 is 1.59 bits per heavy atom. The first-order valence-electron chi connectivity index (χ1n) is 5.57. The Hall–Kier alpha value is -0.960. The molecule has 1 rings (SSSR count). The van der Waals surface area contributed by atoms with E-state index in [0.717, 1.165) is 5.01 Å². The molecule has 0 bridgehead atoms. The second-order valence-electron chi connectivity index (χ2n) is 4.78. The molecule has 1 atom stereocenters. The molecule has 1 N–H and O–H groups in total. The van der Waals surface area contributed by atoms with Gasteiger partial charge < -0.3 is 9.84 Å². The molecule has 0 fully saturated rings. The van der Waals surface area contributed by atoms with Gasteiger partial charge in [0.25, 0.3) is 0 Å². The van der Waals surface area contributed by atoms with E-state index in [1.807, 2.05) is 5.38 Å². The van der Waals surface area contributed by atoms with Crippen LogP contribution in [0.1, 0.15) is 44.0 Å². The van der Waals surface area contributed by atoms with E-state index in [2.05, 4.69) is 31.8 Å². The molecule has 94 valence electrons. The van der Waals surface area contributed by atoms with Gasteiger partial charge >= 0.3 is 0 Å². The highest BCUT2D eigenvalue weighted by atomic mass is 32.1. The van der Waals surface area contributed by atoms with E-state index in [1.54, 1.807) is 11.3 Å². The Kier molecular flexibility index (Phi) is 5.06. The first-order valence-corrected chi connectivity index (χ1v) is 6.45. The van der Waals surface area contributed by atoms with E-state index in [9.17, 15) is 0 Å². The van der Waals surface area contributed by atoms with Gasteiger partial charge in [0.15, 0.2) is 6.10 Å². The lowest BCUT2D eigenvalue weighted by Crippen LogP contribution is -2.11. The van der Waals surface area contributed by atoms with Crippen molar-refractivity contribution in [1.29, 1.82) is 5.26 Å². The highest BCUT2D eigenvalue weighted by Gasteiger charge is 2.21. The van der Waals surface area contributed by atoms with Gasteiger partial charge in [-0.05, 0) is 6.42 Å². The van der Waals surface area contributed by atoms with Crippen LogP contribution in [0, 0.1) is 11.3 Å². The largest absolute Gasteiger partial charge is 0.396 e. The van der Waals surface area contributed by atoms with Crippen molar-refractivity contribution in [2.24, 2.45) is 0 Å². The average molecular weight is 254 g/mol. The number of nitriles is 1. The van der Waals surface area contributed by atoms with Gasteiger partial charge in [-0.2, -0.15) is 5.26 Å². The van der Waals surface area contributed by atoms with Crippen LogP contribution in [0.4, 0.5) is 0 Å². The van der Waals surface area contributed by atoms with Crippen molar-refractivity contribution in [3.8, 4) is 6.07 Å². The molecule has 5 heteroatoms. The van der Waals surface area contributed by atoms with E-state index < -0.39 is 6.10 Å². The van der Waals surface area contributed by atoms with E-state index in [0.29, 0.717) is 18.7 Å². The predicted molar refractivity (Wildman–Crippen MR) is 66.8 cm³/mol. The van der Waals surface area contributed by atoms with E-state index >= 15 is 0 Å². The third-order valence-corrected chi connectivity index (χ3v) is 3.42. The third kappa shape index (κ3) is 4.08. The summed E-state index contributed by atoms with van der Waals surface area (Å²) in [5.41, 5.74) is 0.661. The van der Waals surface area contributed by atoms with Crippen molar-refractivity contribution < 1.29 is 9.84 Å². The lowest BCUT2D eigenvalue weighted by molar-refractivity contribution is 0.0751. The maximum Gasteiger partial charge on any atom is 0.186 e. The summed E-state index contributed by atoms with van der Waals surface area (Å²) < 4.78 is 5.37. The monoisotopic (exact) mass is 254 g/mol. The molecule has 17 heavy (non-hydrogen) atoms. The molecule has 0 aliphatic heterocycles. The fourth-order valence-corrected chi connectivity index (χ4v) is 2.13. The number of nitrogens with zero attached hydrogens (tertiary/aromatic N) is 2. The number of aliphatic hydroxyl groups excluding tert-OH is 1. The number of rotatable bonds is 5. The summed E-state index contributed by atoms with van der Waals surface area (Å²) in [4.78, 5) is 4.44. The summed E-state index contributed by atoms with van der Waals surface area (Å²) >= 11 is 1.55. The first-order chi connectivity index (χ1) is 7.99. The molecule has 1 heterocycles. The van der Waals surface area contributed by atoms with Crippen molar-refractivity contribution in [1.82, 2.24) is 4.98 Å². The molecule has 0 saturated carbocycles. The number of hydrogen-bond donors (Lipinski definition) is 1. The van der Waals surface area contributed by atoms with Crippen molar-refractivity contribution in [2.45, 2.75) is 38.7 Å². The zero-order chi connectivity index (χ0) is 12.9. The molecule has 0 amide bonds. The summed E-state index contributed by atoms with van der Waals surface area (Å²) in [7, 11) is 0. The van der Waals surface area contributed by atoms with Crippen LogP contribution in [-0.2, 0) is 10.2 Å². The molecule has 1 unspecified atom stereocenters. The summed E-state index contributed by atoms with van der Waals surface area (Å²) in [6, 6.07) is 2.08. The highest BCUT2D eigenvalue weighted by Crippen LogP contribution is 2.28. The quantitative estimate of drug-likeness (QED) is 0.819. The first kappa shape index (κ1) is 14.1. The summed E-state index contributed by atoms with van der Waals surface area (Å²) in [5.74, 6) is 0. The minimum Gasteiger partial charge on any atom is -0.396 e. The van der Waals surface area contributed by atoms with Crippen molar-refractivity contribution in [2.75, 3.05) is 13.2 Å². The fraction of sp³-hybridized carbons (Fsp3) is 0.667. The Bertz CT molecular complexity index is 390. The van der Waals surface area contributed by atoms with Gasteiger partial charge in [0, 0.05) is 17.4 Å². The summed E-state index contributed by atoms with van der Waals surface area (Å²) in [6.07, 6.45) is -0.0945. The lowest BCUT2D eigenvalue weighted by Gasteiger charge is -2.14. The molecular formula is C12H18N2O2S. The molecule has 0 aliphatic carbocycles. The zero-order valence-corrected chi connectivity index (χ0v) is 11.3. The van der Waals surface area contributed by atoms with Crippen LogP contribution in [0.2, 0.25) is 0 Å². The maximum atomic E-state index is 9.02. The van der Waals surface area contributed by atoms with Gasteiger partial charge in [0.1, 0.15) is 6.07 Å². The molecule has 1 aromatic rings. The van der Waals surface area contributed by atoms with Crippen molar-refractivity contribution in [3.05, 3.63) is 16.1 Å². The molecule has 1 aromatic heterocycles. The second kappa shape index (κ2) is 6.10. The van der Waals surface area contributed by atoms with Gasteiger partial charge in [0.05, 0.1) is 17.3 Å². The maximum absolute atomic E-state index is 9.02.